The van der Waals surface area contributed by atoms with Gasteiger partial charge in [0, 0.05) is 23.1 Å². The van der Waals surface area contributed by atoms with Crippen molar-refractivity contribution in [3.8, 4) is 11.1 Å². The number of alkyl halides is 2. The van der Waals surface area contributed by atoms with E-state index in [9.17, 15) is 33.1 Å². The Morgan fingerprint density at radius 2 is 2.00 bits per heavy atom. The smallest absolute Gasteiger partial charge is 0.349 e. The highest BCUT2D eigenvalue weighted by molar-refractivity contribution is 6.33. The number of fused-ring (bicyclic) bond motifs is 1. The summed E-state index contributed by atoms with van der Waals surface area (Å²) in [4.78, 5) is 28.8. The number of ketones is 1. The molecule has 3 N–H and O–H groups in total. The molecule has 1 atom stereocenters. The predicted octanol–water partition coefficient (Wildman–Crippen LogP) is 3.91. The number of aromatic nitrogens is 2. The van der Waals surface area contributed by atoms with Crippen LogP contribution in [0.25, 0.3) is 11.1 Å². The molecule has 36 heavy (non-hydrogen) atoms. The van der Waals surface area contributed by atoms with E-state index in [-0.39, 0.29) is 45.2 Å². The molecule has 0 saturated heterocycles. The number of rotatable bonds is 6. The fourth-order valence-electron chi connectivity index (χ4n) is 4.06. The van der Waals surface area contributed by atoms with Crippen molar-refractivity contribution in [2.45, 2.75) is 24.9 Å². The number of nitrogen functional groups attached to an aromatic ring is 1. The molecule has 13 heteroatoms. The topological polar surface area (TPSA) is 129 Å². The monoisotopic (exact) mass is 541 g/mol. The number of ether oxygens (including phenoxy) is 1. The van der Waals surface area contributed by atoms with E-state index in [0.29, 0.717) is 0 Å². The Labute approximate surface area is 211 Å². The minimum atomic E-state index is -3.06. The molecule has 8 nitrogen and oxygen atoms in total. The third kappa shape index (κ3) is 4.45. The lowest BCUT2D eigenvalue weighted by atomic mass is 9.97. The van der Waals surface area contributed by atoms with Crippen molar-refractivity contribution in [2.75, 3.05) is 12.3 Å². The van der Waals surface area contributed by atoms with Crippen molar-refractivity contribution in [3.05, 3.63) is 80.1 Å². The number of halogens is 5. The van der Waals surface area contributed by atoms with Gasteiger partial charge in [0.25, 0.3) is 6.43 Å². The molecule has 3 aromatic rings. The highest BCUT2D eigenvalue weighted by Gasteiger charge is 2.52. The molecule has 1 aromatic carbocycles. The Balaban J connectivity index is 1.63. The van der Waals surface area contributed by atoms with Gasteiger partial charge >= 0.3 is 5.97 Å². The van der Waals surface area contributed by atoms with Gasteiger partial charge in [-0.1, -0.05) is 29.3 Å². The Bertz CT molecular complexity index is 1410. The molecule has 0 radical (unpaired) electrons. The van der Waals surface area contributed by atoms with Crippen LogP contribution in [0.2, 0.25) is 10.2 Å². The molecule has 2 heterocycles. The summed E-state index contributed by atoms with van der Waals surface area (Å²) in [5, 5.41) is 23.2. The van der Waals surface area contributed by atoms with E-state index in [1.807, 2.05) is 0 Å². The van der Waals surface area contributed by atoms with Crippen LogP contribution < -0.4 is 10.5 Å². The summed E-state index contributed by atoms with van der Waals surface area (Å²) < 4.78 is 46.7. The van der Waals surface area contributed by atoms with Gasteiger partial charge in [0.15, 0.2) is 12.8 Å². The van der Waals surface area contributed by atoms with E-state index in [0.717, 1.165) is 18.3 Å². The number of carbonyl (C=O) groups is 2. The fourth-order valence-corrected chi connectivity index (χ4v) is 4.48. The number of benzene rings is 1. The van der Waals surface area contributed by atoms with E-state index in [1.54, 1.807) is 0 Å². The lowest BCUT2D eigenvalue weighted by Gasteiger charge is -2.20. The number of hydrogen-bond donors (Lipinski definition) is 2. The number of nitrogens with two attached hydrogens (primary N) is 1. The maximum atomic E-state index is 14.7. The standard InChI is InChI=1S/C23H16Cl2F3N3O5/c24-14-3-1-13(21(27)28)17(18(14)26)11-7-10-5-6-23(34,19(10)31(35)8-11)22(33)36-9-15(32)12-2-4-16(29)30-20(12)25/h1-4,7-8,21,34H,5-6,9H2,(H2,29,30). The van der Waals surface area contributed by atoms with Gasteiger partial charge in [-0.05, 0) is 30.7 Å². The van der Waals surface area contributed by atoms with Gasteiger partial charge in [0.1, 0.15) is 16.8 Å². The summed E-state index contributed by atoms with van der Waals surface area (Å²) >= 11 is 11.6. The third-order valence-electron chi connectivity index (χ3n) is 5.75. The molecule has 1 unspecified atom stereocenters. The van der Waals surface area contributed by atoms with Crippen LogP contribution in [0.5, 0.6) is 0 Å². The van der Waals surface area contributed by atoms with Gasteiger partial charge < -0.3 is 20.8 Å². The lowest BCUT2D eigenvalue weighted by Crippen LogP contribution is -2.46. The second kappa shape index (κ2) is 9.57. The van der Waals surface area contributed by atoms with Crippen LogP contribution in [-0.4, -0.2) is 28.4 Å². The largest absolute Gasteiger partial charge is 0.618 e. The molecular formula is C23H16Cl2F3N3O5. The second-order valence-corrected chi connectivity index (χ2v) is 8.75. The molecular weight excluding hydrogens is 526 g/mol. The van der Waals surface area contributed by atoms with Crippen molar-refractivity contribution in [3.63, 3.8) is 0 Å². The predicted molar refractivity (Wildman–Crippen MR) is 122 cm³/mol. The third-order valence-corrected chi connectivity index (χ3v) is 6.33. The molecule has 0 bridgehead atoms. The van der Waals surface area contributed by atoms with Crippen LogP contribution in [0, 0.1) is 11.0 Å². The van der Waals surface area contributed by atoms with Gasteiger partial charge in [0.2, 0.25) is 17.1 Å². The molecule has 188 valence electrons. The van der Waals surface area contributed by atoms with Crippen molar-refractivity contribution in [1.29, 1.82) is 0 Å². The molecule has 1 aliphatic carbocycles. The Kier molecular flexibility index (Phi) is 6.82. The summed E-state index contributed by atoms with van der Waals surface area (Å²) in [6.07, 6.45) is -2.64. The maximum Gasteiger partial charge on any atom is 0.349 e. The lowest BCUT2D eigenvalue weighted by molar-refractivity contribution is -0.620. The Hall–Kier alpha value is -3.41. The molecule has 0 saturated carbocycles. The highest BCUT2D eigenvalue weighted by atomic mass is 35.5. The second-order valence-electron chi connectivity index (χ2n) is 7.99. The van der Waals surface area contributed by atoms with Gasteiger partial charge in [-0.15, -0.1) is 0 Å². The van der Waals surface area contributed by atoms with Crippen molar-refractivity contribution < 1.29 is 37.3 Å². The number of nitrogens with zero attached hydrogens (tertiary/aromatic N) is 2. The first-order chi connectivity index (χ1) is 16.9. The van der Waals surface area contributed by atoms with Crippen LogP contribution in [0.3, 0.4) is 0 Å². The van der Waals surface area contributed by atoms with E-state index in [4.69, 9.17) is 33.7 Å². The van der Waals surface area contributed by atoms with Gasteiger partial charge in [-0.3, -0.25) is 4.79 Å². The molecule has 4 rings (SSSR count). The number of carbonyl (C=O) groups excluding carboxylic acids is 2. The maximum absolute atomic E-state index is 14.7. The molecule has 2 aromatic heterocycles. The number of aryl methyl sites for hydroxylation is 1. The van der Waals surface area contributed by atoms with Gasteiger partial charge in [-0.25, -0.2) is 22.9 Å². The van der Waals surface area contributed by atoms with Crippen LogP contribution >= 0.6 is 23.2 Å². The van der Waals surface area contributed by atoms with Crippen LogP contribution in [0.1, 0.15) is 40.0 Å². The highest BCUT2D eigenvalue weighted by Crippen LogP contribution is 2.40. The molecule has 0 spiro atoms. The first kappa shape index (κ1) is 25.7. The zero-order chi connectivity index (χ0) is 26.4. The zero-order valence-corrected chi connectivity index (χ0v) is 19.6. The SMILES string of the molecule is Nc1ccc(C(=O)COC(=O)C2(O)CCc3cc(-c4c(C(F)F)ccc(Cl)c4F)c[n+]([O-])c32)c(Cl)n1. The Morgan fingerprint density at radius 3 is 2.67 bits per heavy atom. The quantitative estimate of drug-likeness (QED) is 0.159. The zero-order valence-electron chi connectivity index (χ0n) is 18.1. The molecule has 1 aliphatic rings. The van der Waals surface area contributed by atoms with Crippen LogP contribution in [0.15, 0.2) is 36.5 Å². The van der Waals surface area contributed by atoms with Crippen molar-refractivity contribution >= 4 is 40.8 Å². The number of pyridine rings is 2. The number of anilines is 1. The molecule has 0 aliphatic heterocycles. The number of Topliss-reactive ketones (excluding diaryl/α,β-unsaturated/α-hetero) is 1. The molecule has 0 fully saturated rings. The fraction of sp³-hybridized carbons (Fsp3) is 0.217. The summed E-state index contributed by atoms with van der Waals surface area (Å²) in [5.74, 6) is -3.09. The average molecular weight is 542 g/mol. The minimum absolute atomic E-state index is 0.0368. The summed E-state index contributed by atoms with van der Waals surface area (Å²) in [5.41, 5.74) is 1.20. The normalized spacial score (nSPS) is 16.8. The average Bonchev–Trinajstić information content (AvgIpc) is 3.16. The number of esters is 1. The number of hydrogen-bond acceptors (Lipinski definition) is 7. The van der Waals surface area contributed by atoms with E-state index < -0.39 is 58.0 Å². The van der Waals surface area contributed by atoms with Crippen LogP contribution in [-0.2, 0) is 21.6 Å². The van der Waals surface area contributed by atoms with Gasteiger partial charge in [0.05, 0.1) is 16.1 Å². The van der Waals surface area contributed by atoms with Crippen molar-refractivity contribution in [1.82, 2.24) is 4.98 Å². The van der Waals surface area contributed by atoms with Gasteiger partial charge in [-0.2, -0.15) is 4.73 Å². The van der Waals surface area contributed by atoms with Crippen LogP contribution in [0.4, 0.5) is 19.0 Å². The summed E-state index contributed by atoms with van der Waals surface area (Å²) in [6, 6.07) is 5.75. The minimum Gasteiger partial charge on any atom is -0.618 e. The summed E-state index contributed by atoms with van der Waals surface area (Å²) in [6.45, 7) is -0.815. The summed E-state index contributed by atoms with van der Waals surface area (Å²) in [7, 11) is 0. The van der Waals surface area contributed by atoms with E-state index in [1.165, 1.54) is 18.2 Å². The number of aliphatic hydroxyl groups is 1. The first-order valence-electron chi connectivity index (χ1n) is 10.3. The molecule has 0 amide bonds. The van der Waals surface area contributed by atoms with E-state index >= 15 is 0 Å². The van der Waals surface area contributed by atoms with Crippen molar-refractivity contribution in [2.24, 2.45) is 0 Å². The Morgan fingerprint density at radius 1 is 1.28 bits per heavy atom. The van der Waals surface area contributed by atoms with E-state index in [2.05, 4.69) is 4.98 Å². The first-order valence-corrected chi connectivity index (χ1v) is 11.1.